The van der Waals surface area contributed by atoms with Crippen LogP contribution in [0.15, 0.2) is 12.2 Å². The van der Waals surface area contributed by atoms with Gasteiger partial charge in [-0.25, -0.2) is 0 Å². The number of nitrogens with one attached hydrogen (secondary N) is 1. The Kier molecular flexibility index (Phi) is 7.81. The van der Waals surface area contributed by atoms with Crippen LogP contribution in [0.4, 0.5) is 0 Å². The van der Waals surface area contributed by atoms with Crippen molar-refractivity contribution >= 4 is 0 Å². The van der Waals surface area contributed by atoms with Crippen LogP contribution < -0.4 is 5.32 Å². The van der Waals surface area contributed by atoms with Crippen LogP contribution in [-0.4, -0.2) is 37.6 Å². The molecular weight excluding hydrogens is 172 g/mol. The van der Waals surface area contributed by atoms with Gasteiger partial charge >= 0.3 is 0 Å². The lowest BCUT2D eigenvalue weighted by atomic mass is 10.1. The van der Waals surface area contributed by atoms with E-state index in [2.05, 4.69) is 44.6 Å². The lowest BCUT2D eigenvalue weighted by molar-refractivity contribution is 0.246. The first-order valence-corrected chi connectivity index (χ1v) is 5.73. The van der Waals surface area contributed by atoms with Crippen molar-refractivity contribution < 1.29 is 0 Å². The third kappa shape index (κ3) is 5.40. The molecule has 84 valence electrons. The topological polar surface area (TPSA) is 15.3 Å². The first kappa shape index (κ1) is 13.7. The Hall–Kier alpha value is -0.340. The molecule has 0 heterocycles. The fraction of sp³-hybridized carbons (Fsp3) is 0.833. The average molecular weight is 198 g/mol. The second kappa shape index (κ2) is 8.01. The van der Waals surface area contributed by atoms with Crippen LogP contribution in [-0.2, 0) is 0 Å². The summed E-state index contributed by atoms with van der Waals surface area (Å²) < 4.78 is 0. The van der Waals surface area contributed by atoms with Crippen molar-refractivity contribution in [1.82, 2.24) is 10.2 Å². The lowest BCUT2D eigenvalue weighted by Crippen LogP contribution is -2.34. The molecule has 0 rings (SSSR count). The Morgan fingerprint density at radius 1 is 1.29 bits per heavy atom. The summed E-state index contributed by atoms with van der Waals surface area (Å²) in [6, 6.07) is 0.702. The number of hydrogen-bond donors (Lipinski definition) is 1. The second-order valence-corrected chi connectivity index (χ2v) is 3.92. The first-order chi connectivity index (χ1) is 6.65. The van der Waals surface area contributed by atoms with Crippen molar-refractivity contribution in [2.45, 2.75) is 39.7 Å². The molecular formula is C12H26N2. The van der Waals surface area contributed by atoms with Gasteiger partial charge in [-0.3, -0.25) is 4.90 Å². The number of nitrogens with zero attached hydrogens (tertiary/aromatic N) is 1. The van der Waals surface area contributed by atoms with Crippen LogP contribution in [0.3, 0.4) is 0 Å². The van der Waals surface area contributed by atoms with E-state index in [0.717, 1.165) is 19.6 Å². The largest absolute Gasteiger partial charge is 0.313 e. The molecule has 0 aliphatic carbocycles. The van der Waals surface area contributed by atoms with Crippen LogP contribution in [0.2, 0.25) is 0 Å². The smallest absolute Gasteiger partial charge is 0.0202 e. The predicted molar refractivity (Wildman–Crippen MR) is 64.7 cm³/mol. The van der Waals surface area contributed by atoms with Crippen molar-refractivity contribution in [3.63, 3.8) is 0 Å². The van der Waals surface area contributed by atoms with Crippen molar-refractivity contribution in [3.8, 4) is 0 Å². The van der Waals surface area contributed by atoms with Crippen LogP contribution in [0.5, 0.6) is 0 Å². The molecule has 0 saturated heterocycles. The van der Waals surface area contributed by atoms with Gasteiger partial charge in [-0.1, -0.05) is 27.4 Å². The number of hydrogen-bond acceptors (Lipinski definition) is 2. The fourth-order valence-electron chi connectivity index (χ4n) is 1.75. The second-order valence-electron chi connectivity index (χ2n) is 3.92. The molecule has 0 atom stereocenters. The van der Waals surface area contributed by atoms with E-state index >= 15 is 0 Å². The molecule has 0 amide bonds. The predicted octanol–water partition coefficient (Wildman–Crippen LogP) is 2.27. The summed E-state index contributed by atoms with van der Waals surface area (Å²) in [5, 5.41) is 3.30. The monoisotopic (exact) mass is 198 g/mol. The zero-order valence-corrected chi connectivity index (χ0v) is 10.3. The van der Waals surface area contributed by atoms with Crippen LogP contribution in [0.25, 0.3) is 0 Å². The molecule has 0 aromatic heterocycles. The highest BCUT2D eigenvalue weighted by molar-refractivity contribution is 4.99. The zero-order chi connectivity index (χ0) is 11.0. The van der Waals surface area contributed by atoms with E-state index in [0.29, 0.717) is 6.04 Å². The minimum Gasteiger partial charge on any atom is -0.313 e. The lowest BCUT2D eigenvalue weighted by Gasteiger charge is -2.26. The number of likely N-dealkylation sites (N-methyl/N-ethyl adjacent to an activating group) is 2. The molecule has 0 spiro atoms. The highest BCUT2D eigenvalue weighted by atomic mass is 15.1. The van der Waals surface area contributed by atoms with Crippen LogP contribution in [0, 0.1) is 0 Å². The van der Waals surface area contributed by atoms with Crippen molar-refractivity contribution in [1.29, 1.82) is 0 Å². The average Bonchev–Trinajstić information content (AvgIpc) is 2.16. The van der Waals surface area contributed by atoms with Crippen molar-refractivity contribution in [2.75, 3.05) is 26.7 Å². The molecule has 1 N–H and O–H groups in total. The molecule has 0 aromatic rings. The van der Waals surface area contributed by atoms with Crippen LogP contribution in [0.1, 0.15) is 33.6 Å². The summed E-state index contributed by atoms with van der Waals surface area (Å²) in [5.74, 6) is 0. The molecule has 0 unspecified atom stereocenters. The van der Waals surface area contributed by atoms with Gasteiger partial charge in [0.15, 0.2) is 0 Å². The van der Waals surface area contributed by atoms with Gasteiger partial charge < -0.3 is 5.32 Å². The summed E-state index contributed by atoms with van der Waals surface area (Å²) in [5.41, 5.74) is 1.28. The van der Waals surface area contributed by atoms with Gasteiger partial charge in [0.2, 0.25) is 0 Å². The van der Waals surface area contributed by atoms with Gasteiger partial charge in [-0.05, 0) is 32.0 Å². The summed E-state index contributed by atoms with van der Waals surface area (Å²) in [7, 11) is 2.19. The Labute approximate surface area is 89.4 Å². The zero-order valence-electron chi connectivity index (χ0n) is 10.3. The number of rotatable bonds is 8. The van der Waals surface area contributed by atoms with Crippen LogP contribution >= 0.6 is 0 Å². The summed E-state index contributed by atoms with van der Waals surface area (Å²) in [6.07, 6.45) is 2.45. The molecule has 0 aliphatic rings. The summed E-state index contributed by atoms with van der Waals surface area (Å²) >= 11 is 0. The van der Waals surface area contributed by atoms with E-state index in [1.165, 1.54) is 18.4 Å². The van der Waals surface area contributed by atoms with E-state index in [1.54, 1.807) is 0 Å². The Bertz CT molecular complexity index is 150. The fourth-order valence-corrected chi connectivity index (χ4v) is 1.75. The minimum absolute atomic E-state index is 0.702. The summed E-state index contributed by atoms with van der Waals surface area (Å²) in [4.78, 5) is 2.40. The van der Waals surface area contributed by atoms with E-state index in [4.69, 9.17) is 0 Å². The maximum atomic E-state index is 4.08. The third-order valence-corrected chi connectivity index (χ3v) is 2.66. The van der Waals surface area contributed by atoms with E-state index < -0.39 is 0 Å². The highest BCUT2D eigenvalue weighted by Crippen LogP contribution is 2.07. The molecule has 2 nitrogen and oxygen atoms in total. The third-order valence-electron chi connectivity index (χ3n) is 2.66. The minimum atomic E-state index is 0.702. The molecule has 2 heteroatoms. The molecule has 0 radical (unpaired) electrons. The highest BCUT2D eigenvalue weighted by Gasteiger charge is 2.10. The first-order valence-electron chi connectivity index (χ1n) is 5.73. The maximum Gasteiger partial charge on any atom is 0.0202 e. The standard InChI is InChI=1S/C12H26N2/c1-6-12(7-2)14(5)10-11(4)9-13-8-3/h12-13H,4,6-10H2,1-3,5H3. The van der Waals surface area contributed by atoms with E-state index in [-0.39, 0.29) is 0 Å². The van der Waals surface area contributed by atoms with Crippen molar-refractivity contribution in [3.05, 3.63) is 12.2 Å². The van der Waals surface area contributed by atoms with Crippen molar-refractivity contribution in [2.24, 2.45) is 0 Å². The molecule has 0 aromatic carbocycles. The Morgan fingerprint density at radius 2 is 1.86 bits per heavy atom. The van der Waals surface area contributed by atoms with Gasteiger partial charge in [0.25, 0.3) is 0 Å². The summed E-state index contributed by atoms with van der Waals surface area (Å²) in [6.45, 7) is 13.7. The molecule has 0 saturated carbocycles. The normalized spacial score (nSPS) is 11.3. The van der Waals surface area contributed by atoms with E-state index in [9.17, 15) is 0 Å². The molecule has 0 bridgehead atoms. The maximum absolute atomic E-state index is 4.08. The van der Waals surface area contributed by atoms with Gasteiger partial charge in [0, 0.05) is 19.1 Å². The van der Waals surface area contributed by atoms with Gasteiger partial charge in [-0.15, -0.1) is 0 Å². The Morgan fingerprint density at radius 3 is 2.29 bits per heavy atom. The molecule has 0 fully saturated rings. The van der Waals surface area contributed by atoms with Gasteiger partial charge in [0.1, 0.15) is 0 Å². The van der Waals surface area contributed by atoms with Gasteiger partial charge in [-0.2, -0.15) is 0 Å². The molecule has 0 aliphatic heterocycles. The van der Waals surface area contributed by atoms with Gasteiger partial charge in [0.05, 0.1) is 0 Å². The Balaban J connectivity index is 3.79. The SMILES string of the molecule is C=C(CNCC)CN(C)C(CC)CC. The quantitative estimate of drug-likeness (QED) is 0.602. The van der Waals surface area contributed by atoms with E-state index in [1.807, 2.05) is 0 Å². The molecule has 14 heavy (non-hydrogen) atoms.